The van der Waals surface area contributed by atoms with Crippen LogP contribution in [0.15, 0.2) is 0 Å². The van der Waals surface area contributed by atoms with Gasteiger partial charge < -0.3 is 4.74 Å². The van der Waals surface area contributed by atoms with E-state index in [1.54, 1.807) is 6.92 Å². The molecule has 0 bridgehead atoms. The highest BCUT2D eigenvalue weighted by molar-refractivity contribution is 7.15. The Morgan fingerprint density at radius 3 is 2.74 bits per heavy atom. The third kappa shape index (κ3) is 2.41. The molecule has 0 unspecified atom stereocenters. The number of ether oxygens (including phenoxy) is 1. The van der Waals surface area contributed by atoms with Crippen molar-refractivity contribution in [1.29, 1.82) is 5.26 Å². The first-order chi connectivity index (χ1) is 8.89. The van der Waals surface area contributed by atoms with E-state index in [1.807, 2.05) is 19.9 Å². The van der Waals surface area contributed by atoms with Crippen molar-refractivity contribution in [3.63, 3.8) is 0 Å². The summed E-state index contributed by atoms with van der Waals surface area (Å²) in [6.07, 6.45) is 1.04. The fourth-order valence-corrected chi connectivity index (χ4v) is 3.46. The zero-order valence-electron chi connectivity index (χ0n) is 11.2. The van der Waals surface area contributed by atoms with Crippen LogP contribution >= 0.6 is 11.3 Å². The third-order valence-corrected chi connectivity index (χ3v) is 4.26. The molecule has 0 N–H and O–H groups in total. The molecular weight excluding hydrogens is 262 g/mol. The molecule has 0 fully saturated rings. The fraction of sp³-hybridized carbons (Fsp3) is 0.500. The van der Waals surface area contributed by atoms with Crippen LogP contribution in [0.25, 0.3) is 0 Å². The summed E-state index contributed by atoms with van der Waals surface area (Å²) in [4.78, 5) is 24.9. The predicted octanol–water partition coefficient (Wildman–Crippen LogP) is 2.95. The second kappa shape index (κ2) is 4.78. The van der Waals surface area contributed by atoms with Crippen molar-refractivity contribution in [3.05, 3.63) is 20.9 Å². The number of carbonyl (C=O) groups is 2. The number of esters is 1. The van der Waals surface area contributed by atoms with Crippen LogP contribution in [-0.4, -0.2) is 18.4 Å². The topological polar surface area (TPSA) is 67.2 Å². The van der Waals surface area contributed by atoms with Crippen molar-refractivity contribution in [2.24, 2.45) is 5.41 Å². The van der Waals surface area contributed by atoms with E-state index >= 15 is 0 Å². The quantitative estimate of drug-likeness (QED) is 0.779. The van der Waals surface area contributed by atoms with Crippen LogP contribution in [0.1, 0.15) is 57.7 Å². The normalized spacial score (nSPS) is 16.6. The molecule has 0 saturated carbocycles. The van der Waals surface area contributed by atoms with Crippen molar-refractivity contribution < 1.29 is 14.3 Å². The molecule has 4 nitrogen and oxygen atoms in total. The molecule has 0 saturated heterocycles. The molecule has 19 heavy (non-hydrogen) atoms. The monoisotopic (exact) mass is 277 g/mol. The molecule has 0 amide bonds. The molecule has 0 spiro atoms. The Balaban J connectivity index is 2.58. The van der Waals surface area contributed by atoms with Gasteiger partial charge in [0.25, 0.3) is 0 Å². The van der Waals surface area contributed by atoms with E-state index in [9.17, 15) is 9.59 Å². The van der Waals surface area contributed by atoms with Crippen molar-refractivity contribution in [2.45, 2.75) is 33.6 Å². The fourth-order valence-electron chi connectivity index (χ4n) is 2.43. The number of hydrogen-bond acceptors (Lipinski definition) is 5. The van der Waals surface area contributed by atoms with Gasteiger partial charge in [0.15, 0.2) is 5.78 Å². The van der Waals surface area contributed by atoms with Crippen molar-refractivity contribution in [2.75, 3.05) is 6.61 Å². The molecule has 2 rings (SSSR count). The van der Waals surface area contributed by atoms with E-state index in [0.29, 0.717) is 33.7 Å². The smallest absolute Gasteiger partial charge is 0.348 e. The Bertz CT molecular complexity index is 593. The number of ketones is 1. The van der Waals surface area contributed by atoms with Crippen LogP contribution in [0, 0.1) is 16.7 Å². The lowest BCUT2D eigenvalue weighted by atomic mass is 9.74. The van der Waals surface area contributed by atoms with Crippen molar-refractivity contribution in [1.82, 2.24) is 0 Å². The number of Topliss-reactive ketones (excluding diaryl/α,β-unsaturated/α-hetero) is 1. The van der Waals surface area contributed by atoms with Gasteiger partial charge in [0, 0.05) is 6.42 Å². The van der Waals surface area contributed by atoms with Gasteiger partial charge in [0.1, 0.15) is 15.8 Å². The van der Waals surface area contributed by atoms with Crippen LogP contribution in [0.2, 0.25) is 0 Å². The zero-order chi connectivity index (χ0) is 14.2. The van der Waals surface area contributed by atoms with E-state index in [1.165, 1.54) is 0 Å². The summed E-state index contributed by atoms with van der Waals surface area (Å²) in [6.45, 7) is 6.00. The summed E-state index contributed by atoms with van der Waals surface area (Å²) in [5.41, 5.74) is 0.954. The minimum absolute atomic E-state index is 0.0467. The highest BCUT2D eigenvalue weighted by Gasteiger charge is 2.37. The Morgan fingerprint density at radius 1 is 1.47 bits per heavy atom. The summed E-state index contributed by atoms with van der Waals surface area (Å²) in [5, 5.41) is 9.12. The average Bonchev–Trinajstić information content (AvgIpc) is 2.66. The third-order valence-electron chi connectivity index (χ3n) is 3.14. The number of nitriles is 1. The van der Waals surface area contributed by atoms with Gasteiger partial charge >= 0.3 is 5.97 Å². The minimum Gasteiger partial charge on any atom is -0.462 e. The molecule has 0 aromatic carbocycles. The molecule has 1 aliphatic rings. The van der Waals surface area contributed by atoms with Crippen molar-refractivity contribution in [3.8, 4) is 6.07 Å². The van der Waals surface area contributed by atoms with Crippen LogP contribution in [-0.2, 0) is 11.2 Å². The molecule has 1 aromatic rings. The van der Waals surface area contributed by atoms with Crippen LogP contribution in [0.3, 0.4) is 0 Å². The maximum atomic E-state index is 12.2. The maximum absolute atomic E-state index is 12.2. The molecule has 0 aliphatic heterocycles. The molecule has 1 aliphatic carbocycles. The van der Waals surface area contributed by atoms with Gasteiger partial charge in [-0.05, 0) is 24.3 Å². The lowest BCUT2D eigenvalue weighted by Crippen LogP contribution is -2.27. The van der Waals surface area contributed by atoms with E-state index in [2.05, 4.69) is 0 Å². The van der Waals surface area contributed by atoms with Crippen molar-refractivity contribution >= 4 is 23.1 Å². The summed E-state index contributed by atoms with van der Waals surface area (Å²) < 4.78 is 5.01. The Kier molecular flexibility index (Phi) is 3.46. The molecule has 100 valence electrons. The molecule has 0 atom stereocenters. The number of rotatable bonds is 2. The number of fused-ring (bicyclic) bond motifs is 1. The first-order valence-electron chi connectivity index (χ1n) is 6.15. The summed E-state index contributed by atoms with van der Waals surface area (Å²) in [5.74, 6) is -0.481. The van der Waals surface area contributed by atoms with Gasteiger partial charge in [-0.3, -0.25) is 4.79 Å². The van der Waals surface area contributed by atoms with Gasteiger partial charge in [-0.25, -0.2) is 4.79 Å². The lowest BCUT2D eigenvalue weighted by molar-refractivity contribution is 0.0530. The molecule has 0 radical (unpaired) electrons. The van der Waals surface area contributed by atoms with Gasteiger partial charge in [-0.1, -0.05) is 13.8 Å². The van der Waals surface area contributed by atoms with E-state index in [4.69, 9.17) is 10.00 Å². The number of carbonyl (C=O) groups excluding carboxylic acids is 2. The molecule has 1 aromatic heterocycles. The van der Waals surface area contributed by atoms with Gasteiger partial charge in [0.05, 0.1) is 12.2 Å². The highest BCUT2D eigenvalue weighted by atomic mass is 32.1. The second-order valence-corrected chi connectivity index (χ2v) is 6.41. The standard InChI is InChI=1S/C14H15NO3S/c1-4-18-13(17)12-8-5-14(2,3)6-9(16)11(8)10(7-15)19-12/h4-6H2,1-3H3. The molecule has 1 heterocycles. The van der Waals surface area contributed by atoms with Crippen LogP contribution < -0.4 is 0 Å². The number of thiophene rings is 1. The molecular formula is C14H15NO3S. The van der Waals surface area contributed by atoms with E-state index in [-0.39, 0.29) is 17.8 Å². The summed E-state index contributed by atoms with van der Waals surface area (Å²) >= 11 is 1.07. The first-order valence-corrected chi connectivity index (χ1v) is 6.97. The predicted molar refractivity (Wildman–Crippen MR) is 71.4 cm³/mol. The van der Waals surface area contributed by atoms with E-state index in [0.717, 1.165) is 11.3 Å². The van der Waals surface area contributed by atoms with E-state index < -0.39 is 5.97 Å². The highest BCUT2D eigenvalue weighted by Crippen LogP contribution is 2.41. The lowest BCUT2D eigenvalue weighted by Gasteiger charge is -2.29. The zero-order valence-corrected chi connectivity index (χ0v) is 12.0. The van der Waals surface area contributed by atoms with Gasteiger partial charge in [-0.15, -0.1) is 11.3 Å². The SMILES string of the molecule is CCOC(=O)c1sc(C#N)c2c1CC(C)(C)CC2=O. The number of hydrogen-bond donors (Lipinski definition) is 0. The van der Waals surface area contributed by atoms with Crippen LogP contribution in [0.4, 0.5) is 0 Å². The number of nitrogens with zero attached hydrogens (tertiary/aromatic N) is 1. The largest absolute Gasteiger partial charge is 0.462 e. The first kappa shape index (κ1) is 13.8. The van der Waals surface area contributed by atoms with Gasteiger partial charge in [0.2, 0.25) is 0 Å². The Hall–Kier alpha value is -1.67. The Labute approximate surface area is 116 Å². The maximum Gasteiger partial charge on any atom is 0.348 e. The van der Waals surface area contributed by atoms with Crippen LogP contribution in [0.5, 0.6) is 0 Å². The summed E-state index contributed by atoms with van der Waals surface area (Å²) in [7, 11) is 0. The average molecular weight is 277 g/mol. The summed E-state index contributed by atoms with van der Waals surface area (Å²) in [6, 6.07) is 2.02. The molecule has 5 heteroatoms. The second-order valence-electron chi connectivity index (χ2n) is 5.39. The Morgan fingerprint density at radius 2 is 2.16 bits per heavy atom. The van der Waals surface area contributed by atoms with Gasteiger partial charge in [-0.2, -0.15) is 5.26 Å². The minimum atomic E-state index is -0.434.